The fourth-order valence-electron chi connectivity index (χ4n) is 4.40. The Labute approximate surface area is 190 Å². The lowest BCUT2D eigenvalue weighted by Crippen LogP contribution is -3.13. The van der Waals surface area contributed by atoms with Crippen molar-refractivity contribution in [3.05, 3.63) is 70.0 Å². The number of aryl methyl sites for hydroxylation is 1. The summed E-state index contributed by atoms with van der Waals surface area (Å²) in [4.78, 5) is 15.3. The van der Waals surface area contributed by atoms with Gasteiger partial charge in [0.05, 0.1) is 24.9 Å². The molecule has 0 aliphatic carbocycles. The van der Waals surface area contributed by atoms with Gasteiger partial charge in [0.25, 0.3) is 5.91 Å². The molecule has 0 spiro atoms. The second-order valence-corrected chi connectivity index (χ2v) is 9.28. The number of quaternary nitrogens is 1. The number of hydrogen-bond acceptors (Lipinski definition) is 4. The molecule has 1 fully saturated rings. The number of piperidine rings is 1. The third-order valence-electron chi connectivity index (χ3n) is 6.04. The molecule has 0 bridgehead atoms. The van der Waals surface area contributed by atoms with Gasteiger partial charge in [-0.3, -0.25) is 4.79 Å². The quantitative estimate of drug-likeness (QED) is 0.522. The zero-order valence-electron chi connectivity index (χ0n) is 18.1. The van der Waals surface area contributed by atoms with Crippen LogP contribution in [0.1, 0.15) is 57.4 Å². The van der Waals surface area contributed by atoms with Gasteiger partial charge < -0.3 is 19.4 Å². The van der Waals surface area contributed by atoms with Crippen LogP contribution >= 0.6 is 11.3 Å². The number of thiophene rings is 1. The second-order valence-electron chi connectivity index (χ2n) is 8.06. The molecule has 1 aromatic carbocycles. The van der Waals surface area contributed by atoms with E-state index in [4.69, 9.17) is 4.42 Å². The summed E-state index contributed by atoms with van der Waals surface area (Å²) >= 11 is 1.55. The molecule has 1 amide bonds. The van der Waals surface area contributed by atoms with Crippen LogP contribution in [-0.2, 0) is 0 Å². The van der Waals surface area contributed by atoms with E-state index in [1.807, 2.05) is 19.1 Å². The highest BCUT2D eigenvalue weighted by Gasteiger charge is 2.33. The van der Waals surface area contributed by atoms with Crippen LogP contribution in [0.3, 0.4) is 0 Å². The first kappa shape index (κ1) is 22.5. The smallest absolute Gasteiger partial charge is 0.387 e. The van der Waals surface area contributed by atoms with E-state index in [2.05, 4.69) is 17.0 Å². The molecule has 3 aromatic rings. The second kappa shape index (κ2) is 9.83. The van der Waals surface area contributed by atoms with Crippen molar-refractivity contribution in [1.82, 2.24) is 0 Å². The normalized spacial score (nSPS) is 15.7. The number of carbonyl (C=O) groups is 1. The van der Waals surface area contributed by atoms with Gasteiger partial charge in [-0.15, -0.1) is 11.3 Å². The number of halogens is 2. The van der Waals surface area contributed by atoms with E-state index >= 15 is 0 Å². The molecule has 0 radical (unpaired) electrons. The van der Waals surface area contributed by atoms with Crippen LogP contribution in [0.4, 0.5) is 13.8 Å². The van der Waals surface area contributed by atoms with Gasteiger partial charge in [-0.05, 0) is 75.1 Å². The van der Waals surface area contributed by atoms with E-state index in [1.54, 1.807) is 35.6 Å². The number of carbonyl (C=O) groups excluding carboxylic acids is 1. The molecular formula is C24H27F2N2O3S+. The van der Waals surface area contributed by atoms with Gasteiger partial charge in [0.2, 0.25) is 0 Å². The van der Waals surface area contributed by atoms with Crippen molar-refractivity contribution in [3.63, 3.8) is 0 Å². The SMILES string of the molecule is Cc1sc(NC(=O)c2ccco2)c(C(c2ccc(OC(F)F)cc2)[NH+]2CCCCC2)c1C. The average molecular weight is 462 g/mol. The Bertz CT molecular complexity index is 1040. The maximum atomic E-state index is 12.7. The first-order valence-corrected chi connectivity index (χ1v) is 11.6. The molecule has 1 aliphatic heterocycles. The summed E-state index contributed by atoms with van der Waals surface area (Å²) in [5.41, 5.74) is 3.23. The van der Waals surface area contributed by atoms with Crippen LogP contribution in [0.2, 0.25) is 0 Å². The van der Waals surface area contributed by atoms with Crippen LogP contribution in [-0.4, -0.2) is 25.6 Å². The van der Waals surface area contributed by atoms with Crippen molar-refractivity contribution in [2.24, 2.45) is 0 Å². The largest absolute Gasteiger partial charge is 0.459 e. The van der Waals surface area contributed by atoms with Gasteiger partial charge in [0.1, 0.15) is 16.8 Å². The van der Waals surface area contributed by atoms with E-state index in [0.29, 0.717) is 0 Å². The average Bonchev–Trinajstić information content (AvgIpc) is 3.40. The summed E-state index contributed by atoms with van der Waals surface area (Å²) in [5, 5.41) is 3.85. The van der Waals surface area contributed by atoms with E-state index in [9.17, 15) is 13.6 Å². The molecule has 4 rings (SSSR count). The minimum atomic E-state index is -2.85. The molecule has 5 nitrogen and oxygen atoms in total. The third-order valence-corrected chi connectivity index (χ3v) is 7.17. The van der Waals surface area contributed by atoms with E-state index < -0.39 is 6.61 Å². The number of nitrogens with one attached hydrogen (secondary N) is 2. The Morgan fingerprint density at radius 1 is 1.12 bits per heavy atom. The molecule has 3 heterocycles. The summed E-state index contributed by atoms with van der Waals surface area (Å²) in [6.07, 6.45) is 4.95. The Morgan fingerprint density at radius 3 is 2.47 bits per heavy atom. The standard InChI is InChI=1S/C24H26F2N2O3S/c1-15-16(2)32-23(27-22(29)19-7-6-14-30-19)20(15)21(28-12-4-3-5-13-28)17-8-10-18(11-9-17)31-24(25)26/h6-11,14,21,24H,3-5,12-13H2,1-2H3,(H,27,29)/p+1. The molecule has 1 atom stereocenters. The van der Waals surface area contributed by atoms with Crippen molar-refractivity contribution in [2.45, 2.75) is 45.8 Å². The Kier molecular flexibility index (Phi) is 6.91. The van der Waals surface area contributed by atoms with Crippen LogP contribution in [0.15, 0.2) is 47.1 Å². The highest BCUT2D eigenvalue weighted by molar-refractivity contribution is 7.16. The maximum Gasteiger partial charge on any atom is 0.387 e. The number of rotatable bonds is 7. The molecule has 32 heavy (non-hydrogen) atoms. The van der Waals surface area contributed by atoms with Crippen molar-refractivity contribution in [2.75, 3.05) is 18.4 Å². The van der Waals surface area contributed by atoms with Crippen molar-refractivity contribution in [1.29, 1.82) is 0 Å². The first-order valence-electron chi connectivity index (χ1n) is 10.8. The minimum absolute atomic E-state index is 0.0206. The lowest BCUT2D eigenvalue weighted by Gasteiger charge is -2.33. The monoisotopic (exact) mass is 461 g/mol. The Hall–Kier alpha value is -2.71. The number of likely N-dealkylation sites (tertiary alicyclic amines) is 1. The Balaban J connectivity index is 1.73. The van der Waals surface area contributed by atoms with Gasteiger partial charge in [0.15, 0.2) is 5.76 Å². The number of benzene rings is 1. The predicted molar refractivity (Wildman–Crippen MR) is 120 cm³/mol. The van der Waals surface area contributed by atoms with Gasteiger partial charge in [0, 0.05) is 10.4 Å². The first-order chi connectivity index (χ1) is 15.4. The Morgan fingerprint density at radius 2 is 1.84 bits per heavy atom. The van der Waals surface area contributed by atoms with Crippen LogP contribution < -0.4 is 15.0 Å². The number of anilines is 1. The zero-order valence-corrected chi connectivity index (χ0v) is 18.9. The molecule has 1 unspecified atom stereocenters. The van der Waals surface area contributed by atoms with Gasteiger partial charge >= 0.3 is 6.61 Å². The predicted octanol–water partition coefficient (Wildman–Crippen LogP) is 4.97. The van der Waals surface area contributed by atoms with Crippen LogP contribution in [0.25, 0.3) is 0 Å². The minimum Gasteiger partial charge on any atom is -0.459 e. The fourth-order valence-corrected chi connectivity index (χ4v) is 5.49. The highest BCUT2D eigenvalue weighted by atomic mass is 32.1. The molecule has 0 saturated carbocycles. The summed E-state index contributed by atoms with van der Waals surface area (Å²) in [7, 11) is 0. The van der Waals surface area contributed by atoms with Gasteiger partial charge in [-0.1, -0.05) is 0 Å². The lowest BCUT2D eigenvalue weighted by molar-refractivity contribution is -0.930. The topological polar surface area (TPSA) is 55.9 Å². The van der Waals surface area contributed by atoms with E-state index in [0.717, 1.165) is 52.5 Å². The molecule has 2 N–H and O–H groups in total. The zero-order chi connectivity index (χ0) is 22.7. The van der Waals surface area contributed by atoms with Gasteiger partial charge in [-0.2, -0.15) is 8.78 Å². The summed E-state index contributed by atoms with van der Waals surface area (Å²) in [5.74, 6) is 0.112. The van der Waals surface area contributed by atoms with Crippen molar-refractivity contribution >= 4 is 22.2 Å². The summed E-state index contributed by atoms with van der Waals surface area (Å²) in [6.45, 7) is 3.30. The van der Waals surface area contributed by atoms with Crippen molar-refractivity contribution in [3.8, 4) is 5.75 Å². The van der Waals surface area contributed by atoms with Crippen molar-refractivity contribution < 1.29 is 27.6 Å². The third kappa shape index (κ3) is 4.86. The van der Waals surface area contributed by atoms with Crippen LogP contribution in [0, 0.1) is 13.8 Å². The molecule has 1 aliphatic rings. The molecule has 2 aromatic heterocycles. The number of furan rings is 1. The molecule has 170 valence electrons. The van der Waals surface area contributed by atoms with Crippen LogP contribution in [0.5, 0.6) is 5.75 Å². The number of alkyl halides is 2. The number of ether oxygens (including phenoxy) is 1. The number of amides is 1. The summed E-state index contributed by atoms with van der Waals surface area (Å²) in [6, 6.07) is 10.2. The fraction of sp³-hybridized carbons (Fsp3) is 0.375. The maximum absolute atomic E-state index is 12.7. The van der Waals surface area contributed by atoms with E-state index in [1.165, 1.54) is 17.6 Å². The molecular weight excluding hydrogens is 434 g/mol. The molecule has 1 saturated heterocycles. The lowest BCUT2D eigenvalue weighted by atomic mass is 9.93. The number of hydrogen-bond donors (Lipinski definition) is 2. The van der Waals surface area contributed by atoms with Gasteiger partial charge in [-0.25, -0.2) is 0 Å². The highest BCUT2D eigenvalue weighted by Crippen LogP contribution is 2.39. The molecule has 8 heteroatoms. The summed E-state index contributed by atoms with van der Waals surface area (Å²) < 4.78 is 35.0. The van der Waals surface area contributed by atoms with E-state index in [-0.39, 0.29) is 23.5 Å².